The molecule has 2 N–H and O–H groups in total. The molecule has 0 aliphatic heterocycles. The molecule has 80 valence electrons. The maximum absolute atomic E-state index is 8.95. The van der Waals surface area contributed by atoms with Crippen molar-refractivity contribution in [2.24, 2.45) is 0 Å². The summed E-state index contributed by atoms with van der Waals surface area (Å²) in [5.74, 6) is 0. The van der Waals surface area contributed by atoms with Gasteiger partial charge in [0, 0.05) is 19.2 Å². The number of methoxy groups -OCH3 is 1. The van der Waals surface area contributed by atoms with Crippen molar-refractivity contribution < 1.29 is 14.6 Å². The van der Waals surface area contributed by atoms with Crippen LogP contribution in [0.25, 0.3) is 0 Å². The van der Waals surface area contributed by atoms with Crippen LogP contribution < -0.4 is 5.32 Å². The van der Waals surface area contributed by atoms with Gasteiger partial charge in [-0.2, -0.15) is 0 Å². The van der Waals surface area contributed by atoms with Crippen molar-refractivity contribution in [2.45, 2.75) is 32.6 Å². The van der Waals surface area contributed by atoms with Gasteiger partial charge in [-0.05, 0) is 20.8 Å². The maximum atomic E-state index is 8.95. The summed E-state index contributed by atoms with van der Waals surface area (Å²) in [6.45, 7) is 7.87. The summed E-state index contributed by atoms with van der Waals surface area (Å²) in [6, 6.07) is 0. The van der Waals surface area contributed by atoms with E-state index in [0.717, 1.165) is 6.54 Å². The van der Waals surface area contributed by atoms with Crippen LogP contribution >= 0.6 is 0 Å². The minimum Gasteiger partial charge on any atom is -0.375 e. The second-order valence-electron chi connectivity index (χ2n) is 3.94. The van der Waals surface area contributed by atoms with E-state index in [1.54, 1.807) is 0 Å². The molecular formula is C9H21NO3. The fraction of sp³-hybridized carbons (Fsp3) is 1.00. The Kier molecular flexibility index (Phi) is 6.24. The van der Waals surface area contributed by atoms with Crippen LogP contribution in [0.5, 0.6) is 0 Å². The van der Waals surface area contributed by atoms with Gasteiger partial charge in [-0.3, -0.25) is 0 Å². The first-order chi connectivity index (χ1) is 5.95. The maximum Gasteiger partial charge on any atom is 0.177 e. The van der Waals surface area contributed by atoms with Gasteiger partial charge in [0.15, 0.2) is 6.29 Å². The van der Waals surface area contributed by atoms with Crippen molar-refractivity contribution in [2.75, 3.05) is 26.9 Å². The predicted molar refractivity (Wildman–Crippen MR) is 51.6 cm³/mol. The van der Waals surface area contributed by atoms with Crippen LogP contribution in [0.2, 0.25) is 0 Å². The lowest BCUT2D eigenvalue weighted by Crippen LogP contribution is -2.38. The lowest BCUT2D eigenvalue weighted by Gasteiger charge is -2.20. The van der Waals surface area contributed by atoms with Crippen LogP contribution in [0.15, 0.2) is 0 Å². The molecule has 4 nitrogen and oxygen atoms in total. The SMILES string of the molecule is COC(O)COCCNC(C)(C)C. The van der Waals surface area contributed by atoms with E-state index >= 15 is 0 Å². The van der Waals surface area contributed by atoms with E-state index < -0.39 is 6.29 Å². The van der Waals surface area contributed by atoms with Crippen LogP contribution in [-0.4, -0.2) is 43.8 Å². The highest BCUT2D eigenvalue weighted by atomic mass is 16.6. The lowest BCUT2D eigenvalue weighted by atomic mass is 10.1. The van der Waals surface area contributed by atoms with Gasteiger partial charge in [0.1, 0.15) is 0 Å². The first-order valence-electron chi connectivity index (χ1n) is 4.49. The molecule has 0 aromatic carbocycles. The molecule has 0 rings (SSSR count). The summed E-state index contributed by atoms with van der Waals surface area (Å²) in [7, 11) is 1.45. The zero-order valence-electron chi connectivity index (χ0n) is 8.96. The summed E-state index contributed by atoms with van der Waals surface area (Å²) < 4.78 is 9.75. The van der Waals surface area contributed by atoms with Crippen molar-refractivity contribution in [3.05, 3.63) is 0 Å². The Morgan fingerprint density at radius 2 is 2.00 bits per heavy atom. The van der Waals surface area contributed by atoms with E-state index in [9.17, 15) is 0 Å². The highest BCUT2D eigenvalue weighted by Gasteiger charge is 2.07. The summed E-state index contributed by atoms with van der Waals surface area (Å²) in [6.07, 6.45) is -0.811. The Balaban J connectivity index is 3.18. The number of ether oxygens (including phenoxy) is 2. The van der Waals surface area contributed by atoms with Gasteiger partial charge in [0.2, 0.25) is 0 Å². The molecule has 0 spiro atoms. The van der Waals surface area contributed by atoms with E-state index in [-0.39, 0.29) is 12.1 Å². The van der Waals surface area contributed by atoms with Crippen LogP contribution in [-0.2, 0) is 9.47 Å². The largest absolute Gasteiger partial charge is 0.375 e. The topological polar surface area (TPSA) is 50.7 Å². The predicted octanol–water partition coefficient (Wildman–Crippen LogP) is 0.356. The Bertz CT molecular complexity index is 123. The minimum absolute atomic E-state index is 0.114. The van der Waals surface area contributed by atoms with Crippen molar-refractivity contribution in [3.8, 4) is 0 Å². The van der Waals surface area contributed by atoms with Crippen molar-refractivity contribution in [1.29, 1.82) is 0 Å². The molecule has 0 aliphatic rings. The van der Waals surface area contributed by atoms with Gasteiger partial charge < -0.3 is 19.9 Å². The molecule has 1 atom stereocenters. The highest BCUT2D eigenvalue weighted by molar-refractivity contribution is 4.69. The molecule has 0 aromatic rings. The van der Waals surface area contributed by atoms with Crippen molar-refractivity contribution in [3.63, 3.8) is 0 Å². The summed E-state index contributed by atoms with van der Waals surface area (Å²) in [5, 5.41) is 12.2. The number of aliphatic hydroxyl groups excluding tert-OH is 1. The van der Waals surface area contributed by atoms with Crippen LogP contribution in [0.1, 0.15) is 20.8 Å². The Hall–Kier alpha value is -0.160. The van der Waals surface area contributed by atoms with E-state index in [1.165, 1.54) is 7.11 Å². The van der Waals surface area contributed by atoms with Gasteiger partial charge in [-0.25, -0.2) is 0 Å². The van der Waals surface area contributed by atoms with Crippen LogP contribution in [0.4, 0.5) is 0 Å². The third-order valence-electron chi connectivity index (χ3n) is 1.43. The average molecular weight is 191 g/mol. The Morgan fingerprint density at radius 1 is 1.38 bits per heavy atom. The van der Waals surface area contributed by atoms with Gasteiger partial charge in [0.25, 0.3) is 0 Å². The monoisotopic (exact) mass is 191 g/mol. The first kappa shape index (κ1) is 12.8. The summed E-state index contributed by atoms with van der Waals surface area (Å²) in [4.78, 5) is 0. The number of aliphatic hydroxyl groups is 1. The van der Waals surface area contributed by atoms with Gasteiger partial charge >= 0.3 is 0 Å². The smallest absolute Gasteiger partial charge is 0.177 e. The van der Waals surface area contributed by atoms with E-state index in [4.69, 9.17) is 9.84 Å². The van der Waals surface area contributed by atoms with Gasteiger partial charge in [0.05, 0.1) is 13.2 Å². The highest BCUT2D eigenvalue weighted by Crippen LogP contribution is 1.96. The van der Waals surface area contributed by atoms with E-state index in [0.29, 0.717) is 6.61 Å². The molecule has 0 aromatic heterocycles. The molecule has 1 unspecified atom stereocenters. The summed E-state index contributed by atoms with van der Waals surface area (Å²) >= 11 is 0. The van der Waals surface area contributed by atoms with Gasteiger partial charge in [-0.15, -0.1) is 0 Å². The molecular weight excluding hydrogens is 170 g/mol. The Morgan fingerprint density at radius 3 is 2.46 bits per heavy atom. The number of hydrogen-bond donors (Lipinski definition) is 2. The molecule has 0 heterocycles. The fourth-order valence-electron chi connectivity index (χ4n) is 0.750. The van der Waals surface area contributed by atoms with Crippen molar-refractivity contribution in [1.82, 2.24) is 5.32 Å². The fourth-order valence-corrected chi connectivity index (χ4v) is 0.750. The van der Waals surface area contributed by atoms with E-state index in [2.05, 4.69) is 30.8 Å². The molecule has 0 amide bonds. The Labute approximate surface area is 80.2 Å². The molecule has 0 saturated carbocycles. The zero-order chi connectivity index (χ0) is 10.3. The second-order valence-corrected chi connectivity index (χ2v) is 3.94. The normalized spacial score (nSPS) is 14.5. The molecule has 0 aliphatic carbocycles. The number of rotatable bonds is 6. The minimum atomic E-state index is -0.811. The average Bonchev–Trinajstić information content (AvgIpc) is 2.01. The third-order valence-corrected chi connectivity index (χ3v) is 1.43. The third kappa shape index (κ3) is 9.76. The van der Waals surface area contributed by atoms with Crippen molar-refractivity contribution >= 4 is 0 Å². The number of hydrogen-bond acceptors (Lipinski definition) is 4. The second kappa shape index (κ2) is 6.32. The standard InChI is InChI=1S/C9H21NO3/c1-9(2,3)10-5-6-13-7-8(11)12-4/h8,10-11H,5-7H2,1-4H3. The molecule has 0 bridgehead atoms. The molecule has 0 fully saturated rings. The molecule has 0 radical (unpaired) electrons. The quantitative estimate of drug-likeness (QED) is 0.470. The molecule has 0 saturated heterocycles. The van der Waals surface area contributed by atoms with Crippen LogP contribution in [0.3, 0.4) is 0 Å². The molecule has 13 heavy (non-hydrogen) atoms. The van der Waals surface area contributed by atoms with E-state index in [1.807, 2.05) is 0 Å². The molecule has 4 heteroatoms. The summed E-state index contributed by atoms with van der Waals surface area (Å²) in [5.41, 5.74) is 0.114. The zero-order valence-corrected chi connectivity index (χ0v) is 8.96. The lowest BCUT2D eigenvalue weighted by molar-refractivity contribution is -0.118. The number of nitrogens with one attached hydrogen (secondary N) is 1. The van der Waals surface area contributed by atoms with Crippen LogP contribution in [0, 0.1) is 0 Å². The van der Waals surface area contributed by atoms with Gasteiger partial charge in [-0.1, -0.05) is 0 Å². The first-order valence-corrected chi connectivity index (χ1v) is 4.49.